The molecule has 1 aromatic carbocycles. The van der Waals surface area contributed by atoms with Crippen molar-refractivity contribution in [1.82, 2.24) is 9.97 Å². The normalized spacial score (nSPS) is 16.7. The van der Waals surface area contributed by atoms with Gasteiger partial charge in [0, 0.05) is 24.9 Å². The van der Waals surface area contributed by atoms with E-state index in [2.05, 4.69) is 9.97 Å². The van der Waals surface area contributed by atoms with Crippen molar-refractivity contribution in [2.45, 2.75) is 31.3 Å². The molecular formula is C21H21F2N3O2S. The molecule has 4 rings (SSSR count). The summed E-state index contributed by atoms with van der Waals surface area (Å²) in [5.41, 5.74) is 2.96. The number of aromatic nitrogens is 2. The lowest BCUT2D eigenvalue weighted by Gasteiger charge is -2.34. The first-order valence-electron chi connectivity index (χ1n) is 9.26. The second kappa shape index (κ2) is 6.95. The van der Waals surface area contributed by atoms with Gasteiger partial charge in [-0.15, -0.1) is 0 Å². The average molecular weight is 417 g/mol. The molecule has 2 aromatic heterocycles. The van der Waals surface area contributed by atoms with E-state index in [1.54, 1.807) is 12.1 Å². The Morgan fingerprint density at radius 3 is 2.52 bits per heavy atom. The molecule has 0 bridgehead atoms. The molecule has 1 aliphatic rings. The summed E-state index contributed by atoms with van der Waals surface area (Å²) >= 11 is 0. The zero-order valence-electron chi connectivity index (χ0n) is 16.3. The fraction of sp³-hybridized carbons (Fsp3) is 0.286. The molecule has 0 saturated carbocycles. The second-order valence-electron chi connectivity index (χ2n) is 7.45. The van der Waals surface area contributed by atoms with Crippen LogP contribution in [0.5, 0.6) is 0 Å². The summed E-state index contributed by atoms with van der Waals surface area (Å²) in [4.78, 5) is 9.52. The van der Waals surface area contributed by atoms with Crippen molar-refractivity contribution in [3.8, 4) is 11.3 Å². The van der Waals surface area contributed by atoms with Crippen molar-refractivity contribution in [1.29, 1.82) is 0 Å². The van der Waals surface area contributed by atoms with Gasteiger partial charge < -0.3 is 9.88 Å². The number of anilines is 1. The van der Waals surface area contributed by atoms with Crippen LogP contribution in [-0.4, -0.2) is 31.2 Å². The SMILES string of the molecule is Cc1cc(N2CCc3[nH]c(-c4c(F)cccc4F)cc3C2C)nc(S(C)(=O)=O)c1. The number of sulfone groups is 1. The zero-order valence-corrected chi connectivity index (χ0v) is 17.1. The van der Waals surface area contributed by atoms with E-state index < -0.39 is 21.5 Å². The van der Waals surface area contributed by atoms with Crippen LogP contribution in [-0.2, 0) is 16.3 Å². The van der Waals surface area contributed by atoms with Crippen molar-refractivity contribution in [2.75, 3.05) is 17.7 Å². The van der Waals surface area contributed by atoms with Gasteiger partial charge in [0.2, 0.25) is 0 Å². The monoisotopic (exact) mass is 417 g/mol. The summed E-state index contributed by atoms with van der Waals surface area (Å²) in [6.07, 6.45) is 1.76. The van der Waals surface area contributed by atoms with Gasteiger partial charge in [0.15, 0.2) is 14.9 Å². The van der Waals surface area contributed by atoms with Crippen LogP contribution in [0.2, 0.25) is 0 Å². The molecule has 3 heterocycles. The van der Waals surface area contributed by atoms with E-state index in [1.807, 2.05) is 24.8 Å². The Labute approximate surface area is 168 Å². The average Bonchev–Trinajstić information content (AvgIpc) is 3.05. The third kappa shape index (κ3) is 3.53. The van der Waals surface area contributed by atoms with Gasteiger partial charge in [-0.2, -0.15) is 0 Å². The number of halogens is 2. The van der Waals surface area contributed by atoms with Crippen LogP contribution in [0.15, 0.2) is 41.4 Å². The van der Waals surface area contributed by atoms with Crippen LogP contribution in [0.4, 0.5) is 14.6 Å². The fourth-order valence-electron chi connectivity index (χ4n) is 3.84. The summed E-state index contributed by atoms with van der Waals surface area (Å²) in [6.45, 7) is 4.40. The number of pyridine rings is 1. The predicted molar refractivity (Wildman–Crippen MR) is 108 cm³/mol. The topological polar surface area (TPSA) is 66.1 Å². The number of hydrogen-bond donors (Lipinski definition) is 1. The van der Waals surface area contributed by atoms with E-state index in [0.717, 1.165) is 23.1 Å². The lowest BCUT2D eigenvalue weighted by atomic mass is 9.99. The van der Waals surface area contributed by atoms with Crippen LogP contribution in [0, 0.1) is 18.6 Å². The quantitative estimate of drug-likeness (QED) is 0.694. The van der Waals surface area contributed by atoms with Gasteiger partial charge in [0.05, 0.1) is 17.3 Å². The fourth-order valence-corrected chi connectivity index (χ4v) is 4.50. The van der Waals surface area contributed by atoms with Gasteiger partial charge in [-0.25, -0.2) is 22.2 Å². The van der Waals surface area contributed by atoms with Gasteiger partial charge in [-0.05, 0) is 55.3 Å². The van der Waals surface area contributed by atoms with Gasteiger partial charge in [0.1, 0.15) is 17.5 Å². The number of hydrogen-bond acceptors (Lipinski definition) is 4. The smallest absolute Gasteiger partial charge is 0.192 e. The highest BCUT2D eigenvalue weighted by atomic mass is 32.2. The van der Waals surface area contributed by atoms with Crippen LogP contribution < -0.4 is 4.90 Å². The first-order chi connectivity index (χ1) is 13.6. The lowest BCUT2D eigenvalue weighted by molar-refractivity contribution is 0.588. The third-order valence-corrected chi connectivity index (χ3v) is 6.26. The molecule has 0 fully saturated rings. The third-order valence-electron chi connectivity index (χ3n) is 5.29. The van der Waals surface area contributed by atoms with Gasteiger partial charge in [-0.3, -0.25) is 0 Å². The molecular weight excluding hydrogens is 396 g/mol. The zero-order chi connectivity index (χ0) is 20.9. The number of nitrogens with one attached hydrogen (secondary N) is 1. The molecule has 8 heteroatoms. The maximum Gasteiger partial charge on any atom is 0.192 e. The van der Waals surface area contributed by atoms with Gasteiger partial charge in [0.25, 0.3) is 0 Å². The number of aryl methyl sites for hydroxylation is 1. The van der Waals surface area contributed by atoms with E-state index in [9.17, 15) is 17.2 Å². The van der Waals surface area contributed by atoms with Crippen molar-refractivity contribution in [3.05, 3.63) is 64.9 Å². The molecule has 0 radical (unpaired) electrons. The highest BCUT2D eigenvalue weighted by Gasteiger charge is 2.29. The Bertz CT molecular complexity index is 1180. The maximum atomic E-state index is 14.2. The number of nitrogens with zero attached hydrogens (tertiary/aromatic N) is 2. The summed E-state index contributed by atoms with van der Waals surface area (Å²) < 4.78 is 52.3. The minimum absolute atomic E-state index is 0.0358. The summed E-state index contributed by atoms with van der Waals surface area (Å²) in [6, 6.07) is 8.83. The summed E-state index contributed by atoms with van der Waals surface area (Å²) in [5.74, 6) is -0.666. The number of fused-ring (bicyclic) bond motifs is 1. The minimum atomic E-state index is -3.43. The molecule has 1 unspecified atom stereocenters. The van der Waals surface area contributed by atoms with E-state index in [-0.39, 0.29) is 16.6 Å². The van der Waals surface area contributed by atoms with Crippen molar-refractivity contribution in [3.63, 3.8) is 0 Å². The minimum Gasteiger partial charge on any atom is -0.358 e. The van der Waals surface area contributed by atoms with Crippen LogP contribution in [0.1, 0.15) is 29.8 Å². The van der Waals surface area contributed by atoms with Gasteiger partial charge in [-0.1, -0.05) is 6.07 Å². The molecule has 0 amide bonds. The Morgan fingerprint density at radius 1 is 1.17 bits per heavy atom. The Hall–Kier alpha value is -2.74. The van der Waals surface area contributed by atoms with E-state index in [0.29, 0.717) is 24.5 Å². The van der Waals surface area contributed by atoms with Crippen LogP contribution in [0.3, 0.4) is 0 Å². The van der Waals surface area contributed by atoms with E-state index in [4.69, 9.17) is 0 Å². The Balaban J connectivity index is 1.74. The predicted octanol–water partition coefficient (Wildman–Crippen LogP) is 4.19. The molecule has 1 N–H and O–H groups in total. The van der Waals surface area contributed by atoms with Crippen LogP contribution >= 0.6 is 0 Å². The van der Waals surface area contributed by atoms with Crippen molar-refractivity contribution in [2.24, 2.45) is 0 Å². The second-order valence-corrected chi connectivity index (χ2v) is 9.41. The number of rotatable bonds is 3. The Kier molecular flexibility index (Phi) is 4.69. The first kappa shape index (κ1) is 19.6. The lowest BCUT2D eigenvalue weighted by Crippen LogP contribution is -2.34. The molecule has 5 nitrogen and oxygen atoms in total. The van der Waals surface area contributed by atoms with Crippen molar-refractivity contribution >= 4 is 15.7 Å². The maximum absolute atomic E-state index is 14.2. The molecule has 152 valence electrons. The Morgan fingerprint density at radius 2 is 1.86 bits per heavy atom. The number of benzene rings is 1. The molecule has 29 heavy (non-hydrogen) atoms. The number of aromatic amines is 1. The molecule has 0 aliphatic carbocycles. The highest BCUT2D eigenvalue weighted by molar-refractivity contribution is 7.90. The summed E-state index contributed by atoms with van der Waals surface area (Å²) in [5, 5.41) is 0.0358. The van der Waals surface area contributed by atoms with E-state index >= 15 is 0 Å². The summed E-state index contributed by atoms with van der Waals surface area (Å²) in [7, 11) is -3.43. The standard InChI is InChI=1S/C21H21F2N3O2S/c1-12-9-19(25-20(10-12)29(3,27)28)26-8-7-17-14(13(26)2)11-18(24-17)21-15(22)5-4-6-16(21)23/h4-6,9-11,13,24H,7-8H2,1-3H3. The van der Waals surface area contributed by atoms with Crippen molar-refractivity contribution < 1.29 is 17.2 Å². The molecule has 3 aromatic rings. The van der Waals surface area contributed by atoms with E-state index in [1.165, 1.54) is 18.2 Å². The molecule has 1 atom stereocenters. The molecule has 1 aliphatic heterocycles. The van der Waals surface area contributed by atoms with Crippen LogP contribution in [0.25, 0.3) is 11.3 Å². The first-order valence-corrected chi connectivity index (χ1v) is 11.2. The molecule has 0 spiro atoms. The largest absolute Gasteiger partial charge is 0.358 e. The molecule has 0 saturated heterocycles. The highest BCUT2D eigenvalue weighted by Crippen LogP contribution is 2.37. The van der Waals surface area contributed by atoms with Gasteiger partial charge >= 0.3 is 0 Å². The number of H-pyrrole nitrogens is 1.